The summed E-state index contributed by atoms with van der Waals surface area (Å²) in [6, 6.07) is 0. The van der Waals surface area contributed by atoms with Gasteiger partial charge in [-0.15, -0.1) is 0 Å². The van der Waals surface area contributed by atoms with Crippen LogP contribution in [0.1, 0.15) is 290 Å². The van der Waals surface area contributed by atoms with Crippen LogP contribution in [-0.4, -0.2) is 119 Å². The van der Waals surface area contributed by atoms with Crippen molar-refractivity contribution in [1.82, 2.24) is 0 Å². The molecule has 20 nitrogen and oxygen atoms in total. The molecule has 0 rings (SSSR count). The lowest BCUT2D eigenvalue weighted by molar-refractivity contribution is -0.148. The molecule has 0 radical (unpaired) electrons. The van der Waals surface area contributed by atoms with Gasteiger partial charge in [0.15, 0.2) is 0 Å². The van der Waals surface area contributed by atoms with Gasteiger partial charge in [0.2, 0.25) is 0 Å². The fraction of sp³-hybridized carbons (Fsp3) is 0.900. The van der Waals surface area contributed by atoms with Crippen molar-refractivity contribution in [2.75, 3.05) is 33.0 Å². The maximum atomic E-state index is 11.6. The Balaban J connectivity index is -0.000000572. The zero-order valence-corrected chi connectivity index (χ0v) is 57.2. The normalized spacial score (nSPS) is 13.3. The van der Waals surface area contributed by atoms with Gasteiger partial charge in [-0.05, 0) is 59.4 Å². The van der Waals surface area contributed by atoms with E-state index in [9.17, 15) is 43.7 Å². The number of phosphoric acid groups is 3. The molecule has 4 atom stereocenters. The zero-order chi connectivity index (χ0) is 64.6. The fourth-order valence-corrected chi connectivity index (χ4v) is 9.61. The van der Waals surface area contributed by atoms with Crippen molar-refractivity contribution >= 4 is 55.2 Å². The molecule has 0 fully saturated rings. The molecule has 0 spiro atoms. The molecule has 0 bridgehead atoms. The van der Waals surface area contributed by atoms with E-state index < -0.39 is 79.6 Å². The molecular formula is C60H122O20P4S. The number of hydrogen-bond donors (Lipinski definition) is 10. The molecule has 0 aromatic rings. The summed E-state index contributed by atoms with van der Waals surface area (Å²) in [4.78, 5) is 74.2. The predicted molar refractivity (Wildman–Crippen MR) is 345 cm³/mol. The third kappa shape index (κ3) is 85.2. The van der Waals surface area contributed by atoms with E-state index >= 15 is 0 Å². The summed E-state index contributed by atoms with van der Waals surface area (Å²) >= 11 is 3.89. The average Bonchev–Trinajstić information content (AvgIpc) is 3.47. The van der Waals surface area contributed by atoms with Gasteiger partial charge in [-0.2, -0.15) is 0 Å². The van der Waals surface area contributed by atoms with Gasteiger partial charge in [0, 0.05) is 12.8 Å². The van der Waals surface area contributed by atoms with E-state index in [-0.39, 0.29) is 19.6 Å². The summed E-state index contributed by atoms with van der Waals surface area (Å²) in [5.41, 5.74) is 0. The number of phosphoric ester groups is 3. The molecule has 0 aliphatic carbocycles. The monoisotopic (exact) mass is 1320 g/mol. The van der Waals surface area contributed by atoms with Crippen molar-refractivity contribution < 1.29 is 96.1 Å². The second-order valence-electron chi connectivity index (χ2n) is 21.9. The molecule has 10 N–H and O–H groups in total. The van der Waals surface area contributed by atoms with Crippen LogP contribution in [0.5, 0.6) is 0 Å². The highest BCUT2D eigenvalue weighted by Crippen LogP contribution is 2.37. The van der Waals surface area contributed by atoms with Crippen molar-refractivity contribution in [3.05, 3.63) is 24.3 Å². The first-order valence-electron chi connectivity index (χ1n) is 32.2. The largest absolute Gasteiger partial charge is 0.469 e. The van der Waals surface area contributed by atoms with Crippen LogP contribution in [0.25, 0.3) is 0 Å². The minimum Gasteiger partial charge on any atom is -0.463 e. The van der Waals surface area contributed by atoms with Gasteiger partial charge in [0.25, 0.3) is 0 Å². The van der Waals surface area contributed by atoms with E-state index in [1.165, 1.54) is 192 Å². The van der Waals surface area contributed by atoms with Crippen molar-refractivity contribution in [3.8, 4) is 0 Å². The van der Waals surface area contributed by atoms with Gasteiger partial charge >= 0.3 is 35.4 Å². The second-order valence-corrected chi connectivity index (χ2v) is 25.6. The quantitative estimate of drug-likeness (QED) is 0.0117. The molecule has 25 heteroatoms. The molecule has 0 aliphatic heterocycles. The summed E-state index contributed by atoms with van der Waals surface area (Å²) in [5.74, 6) is -0.826. The second kappa shape index (κ2) is 67.5. The Bertz CT molecular complexity index is 1650. The summed E-state index contributed by atoms with van der Waals surface area (Å²) < 4.78 is 53.6. The molecule has 0 saturated carbocycles. The lowest BCUT2D eigenvalue weighted by atomic mass is 10.0. The first kappa shape index (κ1) is 90.5. The van der Waals surface area contributed by atoms with Gasteiger partial charge in [-0.1, -0.05) is 262 Å². The third-order valence-electron chi connectivity index (χ3n) is 13.5. The molecule has 0 heterocycles. The Hall–Kier alpha value is -0.890. The number of esters is 2. The van der Waals surface area contributed by atoms with E-state index in [2.05, 4.69) is 66.3 Å². The minimum absolute atomic E-state index is 0.282. The van der Waals surface area contributed by atoms with Gasteiger partial charge in [0.1, 0.15) is 37.6 Å². The topological polar surface area (TPSA) is 334 Å². The number of hydrogen-bond acceptors (Lipinski definition) is 15. The van der Waals surface area contributed by atoms with Gasteiger partial charge < -0.3 is 59.3 Å². The average molecular weight is 1320 g/mol. The predicted octanol–water partition coefficient (Wildman–Crippen LogP) is 15.0. The molecule has 0 aromatic heterocycles. The number of aliphatic hydroxyl groups is 4. The standard InChI is InChI=1S/C21H43O7P.C21H41O7P.C18H37O6P.HPS/c2*1-2-3-4-5-6-7-8-9-10-11-12-13-14-15-16-17-21(23)27-18-20(22)19-28-29(24,25)26;1-2-3-4-5-6-7-8-9-10-11-12-13-14-15-17(19)18(20)16-24-25(21,22)23;1-2/h20,22H,2-19H2,1H3,(H2,24,25,26);9-10,20,22H,2-8,11-19H2,1H3,(H2,24,25,26);14-15,17-20H,2-13,16H2,1H3,(H2,21,22,23);1H/b;10-9-;15-14-;/t2*20-;17-,18+;/m111./s1. The van der Waals surface area contributed by atoms with Crippen molar-refractivity contribution in [2.24, 2.45) is 0 Å². The van der Waals surface area contributed by atoms with E-state index in [0.717, 1.165) is 70.6 Å². The maximum absolute atomic E-state index is 11.6. The molecule has 508 valence electrons. The van der Waals surface area contributed by atoms with Crippen LogP contribution < -0.4 is 0 Å². The Morgan fingerprint density at radius 3 is 0.871 bits per heavy atom. The molecule has 0 unspecified atom stereocenters. The summed E-state index contributed by atoms with van der Waals surface area (Å²) in [6.07, 6.45) is 52.6. The Morgan fingerprint density at radius 2 is 0.600 bits per heavy atom. The van der Waals surface area contributed by atoms with Crippen LogP contribution >= 0.6 is 31.5 Å². The SMILES string of the molecule is CCCCCCCC/C=C\CCCCCCCC(=O)OC[C@@H](O)COP(=O)(O)O.CCCCCCCCCCCCC/C=C\[C@@H](O)[C@@H](O)COP(=O)(O)O.CCCCCCCCCCCCCCCCCC(=O)OC[C@@H](O)COP(=O)(O)O.P=S. The van der Waals surface area contributed by atoms with E-state index in [1.807, 2.05) is 0 Å². The van der Waals surface area contributed by atoms with E-state index in [1.54, 1.807) is 6.08 Å². The summed E-state index contributed by atoms with van der Waals surface area (Å²) in [7, 11) is -11.3. The number of rotatable bonds is 58. The van der Waals surface area contributed by atoms with Crippen LogP contribution in [0.2, 0.25) is 0 Å². The van der Waals surface area contributed by atoms with Gasteiger partial charge in [-0.25, -0.2) is 13.7 Å². The third-order valence-corrected chi connectivity index (χ3v) is 14.9. The van der Waals surface area contributed by atoms with Crippen molar-refractivity contribution in [3.63, 3.8) is 0 Å². The number of allylic oxidation sites excluding steroid dienone is 3. The van der Waals surface area contributed by atoms with Crippen LogP contribution in [-0.2, 0) is 58.1 Å². The van der Waals surface area contributed by atoms with Crippen LogP contribution in [0.4, 0.5) is 0 Å². The van der Waals surface area contributed by atoms with Crippen LogP contribution in [0.3, 0.4) is 0 Å². The molecule has 0 aromatic carbocycles. The highest BCUT2D eigenvalue weighted by molar-refractivity contribution is 7.88. The summed E-state index contributed by atoms with van der Waals surface area (Å²) in [6.45, 7) is 4.32. The molecule has 85 heavy (non-hydrogen) atoms. The smallest absolute Gasteiger partial charge is 0.463 e. The highest BCUT2D eigenvalue weighted by atomic mass is 32.4. The van der Waals surface area contributed by atoms with E-state index in [0.29, 0.717) is 6.42 Å². The first-order chi connectivity index (χ1) is 40.6. The fourth-order valence-electron chi connectivity index (χ4n) is 8.53. The van der Waals surface area contributed by atoms with Gasteiger partial charge in [-0.3, -0.25) is 23.2 Å². The number of aliphatic hydroxyl groups excluding tert-OH is 4. The lowest BCUT2D eigenvalue weighted by Crippen LogP contribution is -2.28. The Labute approximate surface area is 521 Å². The Morgan fingerprint density at radius 1 is 0.365 bits per heavy atom. The highest BCUT2D eigenvalue weighted by Gasteiger charge is 2.21. The van der Waals surface area contributed by atoms with Crippen LogP contribution in [0, 0.1) is 0 Å². The summed E-state index contributed by atoms with van der Waals surface area (Å²) in [5, 5.41) is 38.0. The molecule has 0 aliphatic rings. The zero-order valence-electron chi connectivity index (χ0n) is 52.7. The maximum Gasteiger partial charge on any atom is 0.469 e. The Kier molecular flexibility index (Phi) is 71.9. The first-order valence-corrected chi connectivity index (χ1v) is 38.4. The number of ether oxygens (including phenoxy) is 2. The molecule has 0 amide bonds. The number of unbranched alkanes of at least 4 members (excludes halogenated alkanes) is 36. The minimum atomic E-state index is -4.62. The van der Waals surface area contributed by atoms with Gasteiger partial charge in [0.05, 0.1) is 19.8 Å². The van der Waals surface area contributed by atoms with Crippen molar-refractivity contribution in [1.29, 1.82) is 0 Å². The van der Waals surface area contributed by atoms with Crippen LogP contribution in [0.15, 0.2) is 24.3 Å². The van der Waals surface area contributed by atoms with E-state index in [4.69, 9.17) is 38.8 Å². The molecule has 0 saturated heterocycles. The van der Waals surface area contributed by atoms with Crippen molar-refractivity contribution in [2.45, 2.75) is 315 Å². The molecular weight excluding hydrogens is 1200 g/mol. The number of carbonyl (C=O) groups excluding carboxylic acids is 2. The lowest BCUT2D eigenvalue weighted by Gasteiger charge is -2.14. The number of carbonyl (C=O) groups is 2.